The van der Waals surface area contributed by atoms with Gasteiger partial charge in [-0.25, -0.2) is 4.79 Å². The Kier molecular flexibility index (Phi) is 3.48. The zero-order valence-electron chi connectivity index (χ0n) is 12.7. The third-order valence-corrected chi connectivity index (χ3v) is 4.24. The van der Waals surface area contributed by atoms with E-state index in [0.29, 0.717) is 24.2 Å². The van der Waals surface area contributed by atoms with Crippen molar-refractivity contribution < 1.29 is 29.0 Å². The van der Waals surface area contributed by atoms with Crippen LogP contribution in [-0.4, -0.2) is 34.4 Å². The molecule has 8 nitrogen and oxygen atoms in total. The molecule has 0 radical (unpaired) electrons. The van der Waals surface area contributed by atoms with E-state index in [-0.39, 0.29) is 35.0 Å². The van der Waals surface area contributed by atoms with Gasteiger partial charge in [-0.2, -0.15) is 0 Å². The average Bonchev–Trinajstić information content (AvgIpc) is 3.02. The Bertz CT molecular complexity index is 773. The first-order chi connectivity index (χ1) is 10.9. The summed E-state index contributed by atoms with van der Waals surface area (Å²) in [5, 5.41) is 10.2. The second-order valence-electron chi connectivity index (χ2n) is 5.47. The van der Waals surface area contributed by atoms with E-state index in [9.17, 15) is 19.5 Å². The van der Waals surface area contributed by atoms with Crippen LogP contribution in [0, 0.1) is 0 Å². The highest BCUT2D eigenvalue weighted by Gasteiger charge is 2.42. The molecule has 23 heavy (non-hydrogen) atoms. The number of nitrogens with two attached hydrogens (primary N) is 1. The van der Waals surface area contributed by atoms with Gasteiger partial charge in [0.15, 0.2) is 5.76 Å². The molecule has 0 saturated heterocycles. The molecule has 1 aromatic rings. The monoisotopic (exact) mass is 320 g/mol. The molecule has 0 unspecified atom stereocenters. The number of aliphatic hydroxyl groups excluding tert-OH is 1. The lowest BCUT2D eigenvalue weighted by Gasteiger charge is -2.17. The highest BCUT2D eigenvalue weighted by molar-refractivity contribution is 6.26. The maximum Gasteiger partial charge on any atom is 0.404 e. The summed E-state index contributed by atoms with van der Waals surface area (Å²) in [6, 6.07) is 0. The molecule has 2 heterocycles. The van der Waals surface area contributed by atoms with Gasteiger partial charge in [-0.1, -0.05) is 0 Å². The van der Waals surface area contributed by atoms with Gasteiger partial charge in [0.25, 0.3) is 0 Å². The molecule has 1 atom stereocenters. The Hall–Kier alpha value is -2.61. The van der Waals surface area contributed by atoms with Gasteiger partial charge in [-0.05, 0) is 13.3 Å². The van der Waals surface area contributed by atoms with Crippen LogP contribution in [0.3, 0.4) is 0 Å². The summed E-state index contributed by atoms with van der Waals surface area (Å²) in [6.07, 6.45) is -1.41. The van der Waals surface area contributed by atoms with Gasteiger partial charge in [-0.3, -0.25) is 9.59 Å². The maximum absolute atomic E-state index is 12.7. The Balaban J connectivity index is 2.23. The molecule has 1 amide bonds. The quantitative estimate of drug-likeness (QED) is 0.850. The number of carbonyl (C=O) groups excluding carboxylic acids is 3. The number of fused-ring (bicyclic) bond motifs is 3. The lowest BCUT2D eigenvalue weighted by atomic mass is 9.90. The fourth-order valence-electron chi connectivity index (χ4n) is 3.27. The second-order valence-corrected chi connectivity index (χ2v) is 5.47. The first kappa shape index (κ1) is 15.3. The Morgan fingerprint density at radius 3 is 2.70 bits per heavy atom. The summed E-state index contributed by atoms with van der Waals surface area (Å²) in [6.45, 7) is 1.64. The number of carbonyl (C=O) groups is 3. The highest BCUT2D eigenvalue weighted by Crippen LogP contribution is 2.40. The topological polar surface area (TPSA) is 121 Å². The Morgan fingerprint density at radius 1 is 1.39 bits per heavy atom. The van der Waals surface area contributed by atoms with E-state index in [4.69, 9.17) is 15.2 Å². The van der Waals surface area contributed by atoms with Crippen molar-refractivity contribution in [1.82, 2.24) is 4.57 Å². The van der Waals surface area contributed by atoms with E-state index in [2.05, 4.69) is 0 Å². The molecule has 1 aromatic heterocycles. The summed E-state index contributed by atoms with van der Waals surface area (Å²) >= 11 is 0. The second kappa shape index (κ2) is 5.24. The highest BCUT2D eigenvalue weighted by atomic mass is 16.5. The molecule has 2 aliphatic rings. The predicted octanol–water partition coefficient (Wildman–Crippen LogP) is 0.820. The van der Waals surface area contributed by atoms with Crippen LogP contribution in [0.25, 0.3) is 0 Å². The summed E-state index contributed by atoms with van der Waals surface area (Å²) in [7, 11) is 1.31. The van der Waals surface area contributed by atoms with Gasteiger partial charge >= 0.3 is 6.09 Å². The molecule has 0 bridgehead atoms. The van der Waals surface area contributed by atoms with Crippen LogP contribution in [0.15, 0.2) is 11.3 Å². The van der Waals surface area contributed by atoms with Gasteiger partial charge in [0.05, 0.1) is 24.5 Å². The van der Waals surface area contributed by atoms with Crippen LogP contribution in [0.1, 0.15) is 51.6 Å². The van der Waals surface area contributed by atoms with E-state index < -0.39 is 18.0 Å². The number of nitrogens with zero attached hydrogens (tertiary/aromatic N) is 1. The Morgan fingerprint density at radius 2 is 2.09 bits per heavy atom. The van der Waals surface area contributed by atoms with Crippen molar-refractivity contribution in [1.29, 1.82) is 0 Å². The number of aliphatic hydroxyl groups is 1. The van der Waals surface area contributed by atoms with Crippen molar-refractivity contribution >= 4 is 17.7 Å². The smallest absolute Gasteiger partial charge is 0.404 e. The average molecular weight is 320 g/mol. The lowest BCUT2D eigenvalue weighted by molar-refractivity contribution is 0.0898. The van der Waals surface area contributed by atoms with Crippen LogP contribution >= 0.6 is 0 Å². The van der Waals surface area contributed by atoms with Gasteiger partial charge in [0, 0.05) is 17.7 Å². The van der Waals surface area contributed by atoms with Crippen molar-refractivity contribution in [3.05, 3.63) is 33.8 Å². The predicted molar refractivity (Wildman–Crippen MR) is 76.8 cm³/mol. The third kappa shape index (κ3) is 2.06. The molecule has 1 aliphatic carbocycles. The molecule has 3 N–H and O–H groups in total. The minimum atomic E-state index is -1.00. The largest absolute Gasteiger partial charge is 0.492 e. The van der Waals surface area contributed by atoms with Crippen molar-refractivity contribution in [2.75, 3.05) is 7.11 Å². The van der Waals surface area contributed by atoms with Crippen LogP contribution < -0.4 is 5.73 Å². The van der Waals surface area contributed by atoms with E-state index in [1.54, 1.807) is 4.57 Å². The Labute approximate surface area is 131 Å². The fourth-order valence-corrected chi connectivity index (χ4v) is 3.27. The van der Waals surface area contributed by atoms with Crippen LogP contribution in [0.5, 0.6) is 0 Å². The number of allylic oxidation sites excluding steroid dienone is 2. The minimum Gasteiger partial charge on any atom is -0.492 e. The maximum atomic E-state index is 12.7. The third-order valence-electron chi connectivity index (χ3n) is 4.24. The van der Waals surface area contributed by atoms with Gasteiger partial charge < -0.3 is 24.9 Å². The van der Waals surface area contributed by atoms with E-state index >= 15 is 0 Å². The first-order valence-corrected chi connectivity index (χ1v) is 7.08. The number of rotatable bonds is 3. The van der Waals surface area contributed by atoms with Crippen molar-refractivity contribution in [3.8, 4) is 0 Å². The number of amides is 1. The normalized spacial score (nSPS) is 19.7. The summed E-state index contributed by atoms with van der Waals surface area (Å²) in [5.41, 5.74) is 6.26. The van der Waals surface area contributed by atoms with Crippen LogP contribution in [0.4, 0.5) is 4.79 Å². The van der Waals surface area contributed by atoms with Gasteiger partial charge in [0.1, 0.15) is 12.3 Å². The number of ketones is 2. The van der Waals surface area contributed by atoms with Gasteiger partial charge in [-0.15, -0.1) is 0 Å². The van der Waals surface area contributed by atoms with Gasteiger partial charge in [0.2, 0.25) is 11.6 Å². The molecule has 0 aromatic carbocycles. The molecule has 0 saturated carbocycles. The summed E-state index contributed by atoms with van der Waals surface area (Å²) < 4.78 is 11.5. The number of Topliss-reactive ketones (excluding diaryl/α,β-unsaturated/α-hetero) is 2. The molecule has 0 spiro atoms. The zero-order valence-corrected chi connectivity index (χ0v) is 12.7. The molecule has 3 rings (SSSR count). The first-order valence-electron chi connectivity index (χ1n) is 7.08. The number of ether oxygens (including phenoxy) is 2. The van der Waals surface area contributed by atoms with E-state index in [1.807, 2.05) is 0 Å². The molecular formula is C15H16N2O6. The van der Waals surface area contributed by atoms with E-state index in [0.717, 1.165) is 0 Å². The molecule has 8 heteroatoms. The number of hydrogen-bond acceptors (Lipinski definition) is 6. The molecule has 1 aliphatic heterocycles. The summed E-state index contributed by atoms with van der Waals surface area (Å²) in [4.78, 5) is 36.2. The molecule has 0 fully saturated rings. The van der Waals surface area contributed by atoms with E-state index in [1.165, 1.54) is 14.0 Å². The van der Waals surface area contributed by atoms with Crippen molar-refractivity contribution in [3.63, 3.8) is 0 Å². The SMILES string of the molecule is COC1=C(C)C(=O)c2c(c(COC(N)=O)c3n2CC[C@H]3O)C1=O. The lowest BCUT2D eigenvalue weighted by Crippen LogP contribution is -2.24. The van der Waals surface area contributed by atoms with Crippen LogP contribution in [-0.2, 0) is 22.6 Å². The summed E-state index contributed by atoms with van der Waals surface area (Å²) in [5.74, 6) is -0.838. The number of primary amides is 1. The van der Waals surface area contributed by atoms with Crippen LogP contribution in [0.2, 0.25) is 0 Å². The minimum absolute atomic E-state index is 0.0402. The number of aromatic nitrogens is 1. The zero-order chi connectivity index (χ0) is 16.9. The standard InChI is InChI=1S/C15H16N2O6/c1-6-12(19)11-9(13(20)14(6)22-2)7(5-23-15(16)21)10-8(18)3-4-17(10)11/h8,18H,3-5H2,1-2H3,(H2,16,21)/t8-/m1/s1. The van der Waals surface area contributed by atoms with Crippen molar-refractivity contribution in [2.45, 2.75) is 32.6 Å². The molecule has 122 valence electrons. The number of hydrogen-bond donors (Lipinski definition) is 2. The van der Waals surface area contributed by atoms with Crippen molar-refractivity contribution in [2.24, 2.45) is 5.73 Å². The fraction of sp³-hybridized carbons (Fsp3) is 0.400. The number of methoxy groups -OCH3 is 1. The molecular weight excluding hydrogens is 304 g/mol.